The number of fused-ring (bicyclic) bond motifs is 3. The van der Waals surface area contributed by atoms with Crippen LogP contribution in [0.15, 0.2) is 16.7 Å². The van der Waals surface area contributed by atoms with Gasteiger partial charge in [0.25, 0.3) is 5.91 Å². The Labute approximate surface area is 157 Å². The van der Waals surface area contributed by atoms with Crippen LogP contribution >= 0.6 is 15.9 Å². The first kappa shape index (κ1) is 17.1. The molecule has 1 N–H and O–H groups in total. The number of nitrogens with zero attached hydrogens (tertiary/aromatic N) is 2. The lowest BCUT2D eigenvalue weighted by Gasteiger charge is -2.28. The van der Waals surface area contributed by atoms with Crippen LogP contribution in [0.2, 0.25) is 0 Å². The fourth-order valence-electron chi connectivity index (χ4n) is 5.05. The third-order valence-electron chi connectivity index (χ3n) is 6.23. The van der Waals surface area contributed by atoms with Crippen molar-refractivity contribution in [1.82, 2.24) is 14.7 Å². The molecule has 2 aromatic heterocycles. The van der Waals surface area contributed by atoms with E-state index >= 15 is 0 Å². The number of aromatic nitrogens is 2. The van der Waals surface area contributed by atoms with E-state index in [0.29, 0.717) is 11.6 Å². The summed E-state index contributed by atoms with van der Waals surface area (Å²) in [6.07, 6.45) is 8.14. The van der Waals surface area contributed by atoms with Crippen LogP contribution in [-0.2, 0) is 6.42 Å². The predicted octanol–water partition coefficient (Wildman–Crippen LogP) is 4.52. The summed E-state index contributed by atoms with van der Waals surface area (Å²) < 4.78 is 2.88. The maximum absolute atomic E-state index is 13.1. The Morgan fingerprint density at radius 1 is 1.44 bits per heavy atom. The van der Waals surface area contributed by atoms with Gasteiger partial charge in [-0.15, -0.1) is 0 Å². The molecule has 2 bridgehead atoms. The van der Waals surface area contributed by atoms with Crippen molar-refractivity contribution in [2.75, 3.05) is 0 Å². The number of hydrogen-bond donors (Lipinski definition) is 1. The highest BCUT2D eigenvalue weighted by molar-refractivity contribution is 9.10. The van der Waals surface area contributed by atoms with Gasteiger partial charge in [0.1, 0.15) is 5.69 Å². The summed E-state index contributed by atoms with van der Waals surface area (Å²) >= 11 is 3.59. The first-order valence-corrected chi connectivity index (χ1v) is 10.2. The van der Waals surface area contributed by atoms with Gasteiger partial charge in [0, 0.05) is 12.2 Å². The number of nitrogens with one attached hydrogen (secondary N) is 1. The molecule has 1 amide bonds. The maximum atomic E-state index is 13.1. The number of pyridine rings is 1. The third-order valence-corrected chi connectivity index (χ3v) is 6.81. The number of hydrogen-bond acceptors (Lipinski definition) is 2. The molecule has 4 nitrogen and oxygen atoms in total. The lowest BCUT2D eigenvalue weighted by atomic mass is 9.84. The Hall–Kier alpha value is -1.36. The number of rotatable bonds is 4. The van der Waals surface area contributed by atoms with Crippen molar-refractivity contribution in [2.24, 2.45) is 17.8 Å². The number of amides is 1. The van der Waals surface area contributed by atoms with Gasteiger partial charge in [-0.2, -0.15) is 0 Å². The van der Waals surface area contributed by atoms with Crippen LogP contribution in [0.25, 0.3) is 5.65 Å². The molecule has 0 radical (unpaired) electrons. The first-order chi connectivity index (χ1) is 12.0. The lowest BCUT2D eigenvalue weighted by molar-refractivity contribution is 0.0908. The molecule has 0 saturated heterocycles. The van der Waals surface area contributed by atoms with Gasteiger partial charge in [-0.1, -0.05) is 13.3 Å². The molecular formula is C20H26BrN3O. The number of carbonyl (C=O) groups is 1. The van der Waals surface area contributed by atoms with Crippen LogP contribution in [0.4, 0.5) is 0 Å². The van der Waals surface area contributed by atoms with Gasteiger partial charge < -0.3 is 5.32 Å². The minimum atomic E-state index is 0.0112. The molecule has 2 aliphatic carbocycles. The zero-order valence-electron chi connectivity index (χ0n) is 15.2. The van der Waals surface area contributed by atoms with E-state index < -0.39 is 0 Å². The highest BCUT2D eigenvalue weighted by atomic mass is 79.9. The number of imidazole rings is 1. The molecule has 0 aliphatic heterocycles. The molecule has 2 saturated carbocycles. The molecule has 4 atom stereocenters. The van der Waals surface area contributed by atoms with Gasteiger partial charge in [0.2, 0.25) is 0 Å². The summed E-state index contributed by atoms with van der Waals surface area (Å²) in [7, 11) is 0. The first-order valence-electron chi connectivity index (χ1n) is 9.45. The number of aryl methyl sites for hydroxylation is 2. The molecular weight excluding hydrogens is 378 g/mol. The zero-order chi connectivity index (χ0) is 17.7. The molecule has 4 rings (SSSR count). The maximum Gasteiger partial charge on any atom is 0.270 e. The van der Waals surface area contributed by atoms with E-state index in [1.165, 1.54) is 25.7 Å². The van der Waals surface area contributed by atoms with E-state index in [4.69, 9.17) is 4.98 Å². The van der Waals surface area contributed by atoms with Gasteiger partial charge in [0.05, 0.1) is 10.2 Å². The highest BCUT2D eigenvalue weighted by Crippen LogP contribution is 2.49. The molecule has 2 aliphatic rings. The largest absolute Gasteiger partial charge is 0.348 e. The standard InChI is InChI=1S/C20H26BrN3O/c1-4-17-18(24-10-11(2)7-16(21)19(24)23-17)20(25)22-12(3)15-9-13-5-6-14(15)8-13/h7,10,12-15H,4-6,8-9H2,1-3H3,(H,22,25). The van der Waals surface area contributed by atoms with E-state index in [2.05, 4.69) is 35.1 Å². The van der Waals surface area contributed by atoms with Crippen LogP contribution in [0.1, 0.15) is 61.3 Å². The monoisotopic (exact) mass is 403 g/mol. The second kappa shape index (κ2) is 6.42. The predicted molar refractivity (Wildman–Crippen MR) is 103 cm³/mol. The third kappa shape index (κ3) is 2.90. The Balaban J connectivity index is 1.63. The molecule has 2 fully saturated rings. The fraction of sp³-hybridized carbons (Fsp3) is 0.600. The Morgan fingerprint density at radius 2 is 2.24 bits per heavy atom. The zero-order valence-corrected chi connectivity index (χ0v) is 16.8. The Morgan fingerprint density at radius 3 is 2.88 bits per heavy atom. The van der Waals surface area contributed by atoms with E-state index in [1.807, 2.05) is 23.6 Å². The molecule has 4 unspecified atom stereocenters. The molecule has 5 heteroatoms. The van der Waals surface area contributed by atoms with E-state index in [1.54, 1.807) is 0 Å². The topological polar surface area (TPSA) is 46.4 Å². The van der Waals surface area contributed by atoms with Crippen molar-refractivity contribution in [3.05, 3.63) is 33.7 Å². The minimum absolute atomic E-state index is 0.0112. The summed E-state index contributed by atoms with van der Waals surface area (Å²) in [6, 6.07) is 2.27. The van der Waals surface area contributed by atoms with Crippen molar-refractivity contribution in [2.45, 2.75) is 58.9 Å². The summed E-state index contributed by atoms with van der Waals surface area (Å²) in [5.74, 6) is 2.36. The van der Waals surface area contributed by atoms with Crippen LogP contribution in [-0.4, -0.2) is 21.3 Å². The van der Waals surface area contributed by atoms with E-state index in [-0.39, 0.29) is 11.9 Å². The highest BCUT2D eigenvalue weighted by Gasteiger charge is 2.42. The van der Waals surface area contributed by atoms with Crippen molar-refractivity contribution in [3.63, 3.8) is 0 Å². The van der Waals surface area contributed by atoms with Gasteiger partial charge in [0.15, 0.2) is 5.65 Å². The molecule has 25 heavy (non-hydrogen) atoms. The number of halogens is 1. The Kier molecular flexibility index (Phi) is 4.38. The van der Waals surface area contributed by atoms with Crippen molar-refractivity contribution in [1.29, 1.82) is 0 Å². The average molecular weight is 404 g/mol. The van der Waals surface area contributed by atoms with Gasteiger partial charge >= 0.3 is 0 Å². The summed E-state index contributed by atoms with van der Waals surface area (Å²) in [4.78, 5) is 17.8. The molecule has 2 aromatic rings. The van der Waals surface area contributed by atoms with Gasteiger partial charge in [-0.05, 0) is 84.8 Å². The van der Waals surface area contributed by atoms with Crippen molar-refractivity contribution in [3.8, 4) is 0 Å². The lowest BCUT2D eigenvalue weighted by Crippen LogP contribution is -2.40. The fourth-order valence-corrected chi connectivity index (χ4v) is 5.70. The smallest absolute Gasteiger partial charge is 0.270 e. The minimum Gasteiger partial charge on any atom is -0.348 e. The van der Waals surface area contributed by atoms with E-state index in [9.17, 15) is 4.79 Å². The average Bonchev–Trinajstić information content (AvgIpc) is 3.27. The van der Waals surface area contributed by atoms with Gasteiger partial charge in [-0.25, -0.2) is 4.98 Å². The normalized spacial score (nSPS) is 26.3. The molecule has 0 aromatic carbocycles. The number of carbonyl (C=O) groups excluding carboxylic acids is 1. The summed E-state index contributed by atoms with van der Waals surface area (Å²) in [5.41, 5.74) is 3.48. The van der Waals surface area contributed by atoms with E-state index in [0.717, 1.165) is 39.6 Å². The summed E-state index contributed by atoms with van der Waals surface area (Å²) in [5, 5.41) is 3.30. The van der Waals surface area contributed by atoms with Crippen molar-refractivity contribution >= 4 is 27.5 Å². The van der Waals surface area contributed by atoms with Gasteiger partial charge in [-0.3, -0.25) is 9.20 Å². The Bertz CT molecular complexity index is 828. The second-order valence-electron chi connectivity index (χ2n) is 7.92. The quantitative estimate of drug-likeness (QED) is 0.815. The van der Waals surface area contributed by atoms with Crippen LogP contribution < -0.4 is 5.32 Å². The molecule has 2 heterocycles. The van der Waals surface area contributed by atoms with Crippen LogP contribution in [0.5, 0.6) is 0 Å². The van der Waals surface area contributed by atoms with Crippen LogP contribution in [0.3, 0.4) is 0 Å². The second-order valence-corrected chi connectivity index (χ2v) is 8.77. The molecule has 134 valence electrons. The SMILES string of the molecule is CCc1nc2c(Br)cc(C)cn2c1C(=O)NC(C)C1CC2CCC1C2. The molecule has 0 spiro atoms. The summed E-state index contributed by atoms with van der Waals surface area (Å²) in [6.45, 7) is 6.27. The van der Waals surface area contributed by atoms with Crippen molar-refractivity contribution < 1.29 is 4.79 Å². The van der Waals surface area contributed by atoms with Crippen LogP contribution in [0, 0.1) is 24.7 Å².